The topological polar surface area (TPSA) is 320 Å². The van der Waals surface area contributed by atoms with E-state index in [-0.39, 0.29) is 12.8 Å². The number of Topliss-reactive ketones (excluding diaryl/α,β-unsaturated/α-hetero) is 1. The number of esters is 2. The Bertz CT molecular complexity index is 1410. The maximum absolute atomic E-state index is 13.1. The molecule has 1 aliphatic carbocycles. The molecule has 8 N–H and O–H groups in total. The molecule has 0 saturated heterocycles. The number of ether oxygens (including phenoxy) is 2. The van der Waals surface area contributed by atoms with E-state index in [1.54, 1.807) is 0 Å². The zero-order valence-electron chi connectivity index (χ0n) is 37.2. The molecule has 0 bridgehead atoms. The first-order chi connectivity index (χ1) is 29.7. The van der Waals surface area contributed by atoms with E-state index in [0.717, 1.165) is 83.5 Å². The maximum Gasteiger partial charge on any atom is 0.472 e. The Balaban J connectivity index is 2.76. The summed E-state index contributed by atoms with van der Waals surface area (Å²) < 4.78 is 65.3. The average Bonchev–Trinajstić information content (AvgIpc) is 3.19. The molecule has 0 spiro atoms. The van der Waals surface area contributed by atoms with Crippen LogP contribution in [0.1, 0.15) is 181 Å². The number of phosphoric ester groups is 3. The fraction of sp³-hybridized carbons (Fsp3) is 0.925. The predicted octanol–water partition coefficient (Wildman–Crippen LogP) is 6.75. The minimum absolute atomic E-state index is 0.0103. The lowest BCUT2D eigenvalue weighted by Gasteiger charge is -2.44. The number of hydrogen-bond acceptors (Lipinski definition) is 15. The molecule has 0 aliphatic heterocycles. The van der Waals surface area contributed by atoms with E-state index >= 15 is 0 Å². The first-order valence-corrected chi connectivity index (χ1v) is 27.3. The Labute approximate surface area is 372 Å². The molecule has 63 heavy (non-hydrogen) atoms. The van der Waals surface area contributed by atoms with Gasteiger partial charge in [-0.3, -0.25) is 32.5 Å². The van der Waals surface area contributed by atoms with Crippen molar-refractivity contribution < 1.29 is 95.4 Å². The third-order valence-corrected chi connectivity index (χ3v) is 12.6. The standard InChI is InChI=1S/C40H77O20P3/c1-3-5-6-7-8-9-10-11-12-13-18-21-24-28-34(43)57-32(29-55-33(42)27-23-20-17-15-14-16-19-22-26-31(41)25-4-2)30-56-63(53,54)60-38-35(44)36(45)39(58-61(47,48)49)40(37(38)46)59-62(50,51)52/h32,35-40,44-46H,3-30H2,1-2H3,(H,53,54)(H2,47,48,49)(H2,50,51,52)/t32-,35?,36-,37+,38?,39?,40+/m1/s1. The van der Waals surface area contributed by atoms with Crippen molar-refractivity contribution in [2.24, 2.45) is 0 Å². The molecule has 1 aliphatic rings. The van der Waals surface area contributed by atoms with Crippen molar-refractivity contribution >= 4 is 41.2 Å². The van der Waals surface area contributed by atoms with Gasteiger partial charge in [0, 0.05) is 25.7 Å². The van der Waals surface area contributed by atoms with Gasteiger partial charge in [-0.2, -0.15) is 0 Å². The second-order valence-electron chi connectivity index (χ2n) is 16.3. The number of aliphatic hydroxyl groups excluding tert-OH is 3. The van der Waals surface area contributed by atoms with Crippen LogP contribution < -0.4 is 0 Å². The molecule has 23 heteroatoms. The summed E-state index contributed by atoms with van der Waals surface area (Å²) in [6.07, 6.45) is 7.02. The summed E-state index contributed by atoms with van der Waals surface area (Å²) in [5, 5.41) is 31.8. The van der Waals surface area contributed by atoms with Crippen molar-refractivity contribution in [1.82, 2.24) is 0 Å². The number of carbonyl (C=O) groups is 3. The van der Waals surface area contributed by atoms with Crippen molar-refractivity contribution in [3.8, 4) is 0 Å². The van der Waals surface area contributed by atoms with Crippen molar-refractivity contribution in [3.05, 3.63) is 0 Å². The Morgan fingerprint density at radius 1 is 0.460 bits per heavy atom. The van der Waals surface area contributed by atoms with Crippen LogP contribution in [0.25, 0.3) is 0 Å². The molecule has 1 rings (SSSR count). The third kappa shape index (κ3) is 30.0. The van der Waals surface area contributed by atoms with Gasteiger partial charge >= 0.3 is 35.4 Å². The molecule has 4 unspecified atom stereocenters. The fourth-order valence-corrected chi connectivity index (χ4v) is 9.27. The van der Waals surface area contributed by atoms with Gasteiger partial charge in [0.1, 0.15) is 49.0 Å². The zero-order valence-corrected chi connectivity index (χ0v) is 39.8. The first kappa shape index (κ1) is 59.8. The summed E-state index contributed by atoms with van der Waals surface area (Å²) in [5.41, 5.74) is 0. The molecule has 0 aromatic carbocycles. The van der Waals surface area contributed by atoms with Gasteiger partial charge in [0.05, 0.1) is 6.61 Å². The van der Waals surface area contributed by atoms with Crippen LogP contribution >= 0.6 is 23.5 Å². The lowest BCUT2D eigenvalue weighted by atomic mass is 9.85. The van der Waals surface area contributed by atoms with Gasteiger partial charge in [0.15, 0.2) is 6.10 Å². The van der Waals surface area contributed by atoms with Gasteiger partial charge < -0.3 is 49.3 Å². The van der Waals surface area contributed by atoms with E-state index in [0.29, 0.717) is 31.5 Å². The summed E-state index contributed by atoms with van der Waals surface area (Å²) in [6.45, 7) is 2.67. The Morgan fingerprint density at radius 2 is 0.857 bits per heavy atom. The van der Waals surface area contributed by atoms with Gasteiger partial charge in [-0.25, -0.2) is 13.7 Å². The van der Waals surface area contributed by atoms with E-state index in [4.69, 9.17) is 18.5 Å². The highest BCUT2D eigenvalue weighted by Gasteiger charge is 2.56. The molecule has 0 radical (unpaired) electrons. The summed E-state index contributed by atoms with van der Waals surface area (Å²) in [5.74, 6) is -1.03. The number of phosphoric acid groups is 3. The number of hydrogen-bond donors (Lipinski definition) is 8. The van der Waals surface area contributed by atoms with Crippen molar-refractivity contribution in [2.75, 3.05) is 13.2 Å². The number of aliphatic hydroxyl groups is 3. The van der Waals surface area contributed by atoms with Gasteiger partial charge in [-0.15, -0.1) is 0 Å². The van der Waals surface area contributed by atoms with E-state index in [1.807, 2.05) is 6.92 Å². The fourth-order valence-electron chi connectivity index (χ4n) is 7.18. The minimum Gasteiger partial charge on any atom is -0.462 e. The highest BCUT2D eigenvalue weighted by atomic mass is 31.2. The molecule has 0 heterocycles. The molecular formula is C40H77O20P3. The van der Waals surface area contributed by atoms with Gasteiger partial charge in [-0.1, -0.05) is 129 Å². The lowest BCUT2D eigenvalue weighted by molar-refractivity contribution is -0.213. The number of ketones is 1. The Morgan fingerprint density at radius 3 is 1.30 bits per heavy atom. The second kappa shape index (κ2) is 33.3. The van der Waals surface area contributed by atoms with Crippen LogP contribution in [-0.4, -0.2) is 113 Å². The van der Waals surface area contributed by atoms with Crippen LogP contribution in [0, 0.1) is 0 Å². The maximum atomic E-state index is 13.1. The molecule has 20 nitrogen and oxygen atoms in total. The lowest BCUT2D eigenvalue weighted by Crippen LogP contribution is -2.65. The van der Waals surface area contributed by atoms with Crippen molar-refractivity contribution in [1.29, 1.82) is 0 Å². The Hall–Kier alpha value is -1.18. The normalized spacial score (nSPS) is 22.1. The third-order valence-electron chi connectivity index (χ3n) is 10.5. The molecule has 0 aromatic heterocycles. The van der Waals surface area contributed by atoms with E-state index < -0.39 is 91.3 Å². The number of unbranched alkanes of at least 4 members (excludes halogenated alkanes) is 19. The van der Waals surface area contributed by atoms with Crippen LogP contribution in [0.3, 0.4) is 0 Å². The predicted molar refractivity (Wildman–Crippen MR) is 230 cm³/mol. The number of carbonyl (C=O) groups excluding carboxylic acids is 3. The van der Waals surface area contributed by atoms with Crippen LogP contribution in [0.4, 0.5) is 0 Å². The average molecular weight is 971 g/mol. The molecule has 0 amide bonds. The summed E-state index contributed by atoms with van der Waals surface area (Å²) in [4.78, 5) is 84.6. The van der Waals surface area contributed by atoms with Gasteiger partial charge in [0.2, 0.25) is 0 Å². The Kier molecular flexibility index (Phi) is 31.6. The van der Waals surface area contributed by atoms with E-state index in [1.165, 1.54) is 44.9 Å². The molecule has 1 fully saturated rings. The molecule has 8 atom stereocenters. The van der Waals surface area contributed by atoms with E-state index in [9.17, 15) is 67.9 Å². The van der Waals surface area contributed by atoms with Crippen LogP contribution in [0.5, 0.6) is 0 Å². The molecular weight excluding hydrogens is 893 g/mol. The van der Waals surface area contributed by atoms with Crippen molar-refractivity contribution in [2.45, 2.75) is 224 Å². The van der Waals surface area contributed by atoms with Crippen molar-refractivity contribution in [3.63, 3.8) is 0 Å². The van der Waals surface area contributed by atoms with Crippen LogP contribution in [0.2, 0.25) is 0 Å². The molecule has 0 aromatic rings. The second-order valence-corrected chi connectivity index (χ2v) is 20.1. The quantitative estimate of drug-likeness (QED) is 0.0179. The van der Waals surface area contributed by atoms with Gasteiger partial charge in [-0.05, 0) is 25.7 Å². The monoisotopic (exact) mass is 970 g/mol. The first-order valence-electron chi connectivity index (χ1n) is 22.7. The van der Waals surface area contributed by atoms with Gasteiger partial charge in [0.25, 0.3) is 0 Å². The van der Waals surface area contributed by atoms with Crippen LogP contribution in [-0.2, 0) is 55.6 Å². The molecule has 1 saturated carbocycles. The summed E-state index contributed by atoms with van der Waals surface area (Å²) >= 11 is 0. The minimum atomic E-state index is -5.60. The smallest absolute Gasteiger partial charge is 0.462 e. The highest BCUT2D eigenvalue weighted by molar-refractivity contribution is 7.47. The summed E-state index contributed by atoms with van der Waals surface area (Å²) in [7, 11) is -16.6. The van der Waals surface area contributed by atoms with Crippen LogP contribution in [0.15, 0.2) is 0 Å². The largest absolute Gasteiger partial charge is 0.472 e. The highest BCUT2D eigenvalue weighted by Crippen LogP contribution is 2.51. The molecule has 372 valence electrons. The zero-order chi connectivity index (χ0) is 47.3. The van der Waals surface area contributed by atoms with E-state index in [2.05, 4.69) is 16.0 Å². The SMILES string of the molecule is CCCCCCCCCCCCCCCC(=O)O[C@H](COC(=O)CCCCCCCCCCC(=O)CCC)COP(=O)(O)OC1C(O)[C@@H](O)C(OP(=O)(O)O)[C@@H](OP(=O)(O)O)[C@H]1O. The number of rotatable bonds is 39. The summed E-state index contributed by atoms with van der Waals surface area (Å²) in [6, 6.07) is 0.